The Morgan fingerprint density at radius 3 is 1.82 bits per heavy atom. The van der Waals surface area contributed by atoms with Crippen LogP contribution >= 0.6 is 11.6 Å². The van der Waals surface area contributed by atoms with E-state index in [4.69, 9.17) is 11.6 Å². The molecule has 0 heterocycles. The molecular formula is C23H11ClCuN3Na3O16S4. The van der Waals surface area contributed by atoms with Gasteiger partial charge in [0.1, 0.15) is 15.0 Å². The van der Waals surface area contributed by atoms with Gasteiger partial charge in [0.25, 0.3) is 30.3 Å². The molecule has 0 bridgehead atoms. The van der Waals surface area contributed by atoms with Crippen LogP contribution in [0.5, 0.6) is 17.2 Å². The zero-order chi connectivity index (χ0) is 35.4. The van der Waals surface area contributed by atoms with E-state index in [-0.39, 0.29) is 106 Å². The van der Waals surface area contributed by atoms with Crippen molar-refractivity contribution in [3.63, 3.8) is 0 Å². The normalized spacial score (nSPS) is 11.8. The van der Waals surface area contributed by atoms with Crippen LogP contribution in [0.1, 0.15) is 10.4 Å². The number of hydrogen-bond donors (Lipinski definition) is 3. The number of fused-ring (bicyclic) bond motifs is 1. The molecule has 4 aromatic carbocycles. The second kappa shape index (κ2) is 18.0. The summed E-state index contributed by atoms with van der Waals surface area (Å²) in [7, 11) is -21.3. The van der Waals surface area contributed by atoms with E-state index in [1.807, 2.05) is 0 Å². The topological polar surface area (TPSA) is 346 Å². The Morgan fingerprint density at radius 1 is 0.745 bits per heavy atom. The molecule has 259 valence electrons. The molecule has 0 fully saturated rings. The van der Waals surface area contributed by atoms with E-state index in [2.05, 4.69) is 10.2 Å². The number of nitrogens with zero attached hydrogens (tertiary/aromatic N) is 2. The van der Waals surface area contributed by atoms with Crippen molar-refractivity contribution >= 4 is 85.8 Å². The van der Waals surface area contributed by atoms with Crippen molar-refractivity contribution in [3.05, 3.63) is 59.1 Å². The molecule has 0 saturated carbocycles. The molecule has 1 radical (unpaired) electrons. The van der Waals surface area contributed by atoms with Crippen LogP contribution in [-0.4, -0.2) is 53.3 Å². The summed E-state index contributed by atoms with van der Waals surface area (Å²) >= 11 is 5.74. The summed E-state index contributed by atoms with van der Waals surface area (Å²) in [5.41, 5.74) is -4.54. The molecule has 28 heteroatoms. The zero-order valence-electron chi connectivity index (χ0n) is 25.4. The first-order chi connectivity index (χ1) is 21.4. The van der Waals surface area contributed by atoms with E-state index in [0.29, 0.717) is 48.5 Å². The fourth-order valence-electron chi connectivity index (χ4n) is 3.92. The van der Waals surface area contributed by atoms with Crippen LogP contribution in [0, 0.1) is 0 Å². The number of nitrogens with one attached hydrogen (secondary N) is 1. The van der Waals surface area contributed by atoms with Gasteiger partial charge in [0.15, 0.2) is 0 Å². The minimum absolute atomic E-state index is 0. The molecule has 4 aromatic rings. The number of azo groups is 1. The molecule has 0 unspecified atom stereocenters. The van der Waals surface area contributed by atoms with Gasteiger partial charge in [-0.05, 0) is 53.4 Å². The maximum atomic E-state index is 13.6. The number of hydrogen-bond acceptors (Lipinski definition) is 16. The largest absolute Gasteiger partial charge is 2.00 e. The van der Waals surface area contributed by atoms with Gasteiger partial charge in [-0.15, -0.1) is 5.11 Å². The van der Waals surface area contributed by atoms with Gasteiger partial charge in [-0.2, -0.15) is 21.9 Å². The summed E-state index contributed by atoms with van der Waals surface area (Å²) in [4.78, 5) is 6.31. The third-order valence-corrected chi connectivity index (χ3v) is 10.1. The number of anilines is 1. The van der Waals surface area contributed by atoms with Gasteiger partial charge in [-0.3, -0.25) is 13.8 Å². The van der Waals surface area contributed by atoms with Crippen LogP contribution in [0.4, 0.5) is 17.1 Å². The third kappa shape index (κ3) is 11.2. The van der Waals surface area contributed by atoms with Crippen molar-refractivity contribution in [3.8, 4) is 17.2 Å². The number of carbonyl (C=O) groups excluding carboxylic acids is 1. The van der Waals surface area contributed by atoms with Crippen molar-refractivity contribution in [2.24, 2.45) is 10.2 Å². The standard InChI is InChI=1S/C23H16ClN3O16S4.Cu.3Na/c24-10-5-15(21(29)18(6-10)47(41,42)43)25-26-20-17(46(38,39)40)4-9-3-12(45(35,36)37)8-14(19(9)22(20)30)27-44(33,34)11-1-2-16(28)13(7-11)23(31)32;;;;/h1-8,27-30H,(H,31,32)(H,35,36,37)(H,38,39,40)(H,41,42,43);;;;/q;+2;3*+1/p-5. The van der Waals surface area contributed by atoms with E-state index in [9.17, 15) is 72.6 Å². The maximum Gasteiger partial charge on any atom is 2.00 e. The van der Waals surface area contributed by atoms with Crippen molar-refractivity contribution in [2.75, 3.05) is 4.72 Å². The fourth-order valence-corrected chi connectivity index (χ4v) is 7.09. The molecule has 0 atom stereocenters. The Kier molecular flexibility index (Phi) is 17.6. The quantitative estimate of drug-likeness (QED) is 0.0798. The average molecular weight is 882 g/mol. The molecule has 3 N–H and O–H groups in total. The SMILES string of the molecule is O=C([O-])c1cc(S(=O)(=O)Nc2cc(S(=O)(=O)[O-])cc3cc(S(=O)(=O)O)c(N=Nc4cc(Cl)cc(S(=O)(=O)O)c4[O-])c([O-])c23)ccc1[O-].[Cu+2].[Na+].[Na+].[Na+]. The molecule has 51 heavy (non-hydrogen) atoms. The van der Waals surface area contributed by atoms with Crippen molar-refractivity contribution in [2.45, 2.75) is 19.6 Å². The van der Waals surface area contributed by atoms with E-state index in [1.165, 1.54) is 0 Å². The summed E-state index contributed by atoms with van der Waals surface area (Å²) in [6.07, 6.45) is 0. The molecule has 0 aromatic heterocycles. The van der Waals surface area contributed by atoms with Gasteiger partial charge in [0, 0.05) is 10.4 Å². The van der Waals surface area contributed by atoms with E-state index in [1.54, 1.807) is 4.72 Å². The summed E-state index contributed by atoms with van der Waals surface area (Å²) < 4.78 is 130. The van der Waals surface area contributed by atoms with E-state index < -0.39 is 122 Å². The first-order valence-electron chi connectivity index (χ1n) is 11.6. The maximum absolute atomic E-state index is 13.6. The molecule has 0 amide bonds. The van der Waals surface area contributed by atoms with Crippen LogP contribution < -0.4 is 114 Å². The molecule has 4 rings (SSSR count). The van der Waals surface area contributed by atoms with Crippen LogP contribution in [0.2, 0.25) is 5.02 Å². The van der Waals surface area contributed by atoms with Crippen molar-refractivity contribution < 1.29 is 178 Å². The first-order valence-corrected chi connectivity index (χ1v) is 17.8. The number of rotatable bonds is 9. The third-order valence-electron chi connectivity index (χ3n) is 5.93. The minimum Gasteiger partial charge on any atom is -0.872 e. The van der Waals surface area contributed by atoms with Gasteiger partial charge in [-0.25, -0.2) is 16.8 Å². The van der Waals surface area contributed by atoms with Crippen LogP contribution in [-0.2, 0) is 57.4 Å². The predicted molar refractivity (Wildman–Crippen MR) is 147 cm³/mol. The van der Waals surface area contributed by atoms with Gasteiger partial charge >= 0.3 is 106 Å². The molecule has 0 aliphatic heterocycles. The number of carboxylic acid groups (broad SMARTS) is 1. The monoisotopic (exact) mass is 880 g/mol. The summed E-state index contributed by atoms with van der Waals surface area (Å²) in [5.74, 6) is -6.42. The minimum atomic E-state index is -5.51. The Hall–Kier alpha value is -1.10. The number of aromatic carboxylic acids is 1. The second-order valence-corrected chi connectivity index (χ2v) is 15.3. The summed E-state index contributed by atoms with van der Waals surface area (Å²) in [6.45, 7) is 0. The molecule has 0 aliphatic rings. The van der Waals surface area contributed by atoms with Gasteiger partial charge < -0.3 is 29.8 Å². The zero-order valence-corrected chi connectivity index (χ0v) is 36.4. The van der Waals surface area contributed by atoms with Gasteiger partial charge in [0.2, 0.25) is 0 Å². The van der Waals surface area contributed by atoms with Crippen molar-refractivity contribution in [1.29, 1.82) is 0 Å². The molecular weight excluding hydrogens is 870 g/mol. The second-order valence-electron chi connectivity index (χ2n) is 9.03. The average Bonchev–Trinajstić information content (AvgIpc) is 2.91. The number of carboxylic acids is 1. The van der Waals surface area contributed by atoms with Crippen LogP contribution in [0.3, 0.4) is 0 Å². The molecule has 19 nitrogen and oxygen atoms in total. The summed E-state index contributed by atoms with van der Waals surface area (Å²) in [5, 5.41) is 53.5. The predicted octanol–water partition coefficient (Wildman–Crippen LogP) is -9.30. The molecule has 0 aliphatic carbocycles. The fraction of sp³-hybridized carbons (Fsp3) is 0. The Morgan fingerprint density at radius 2 is 1.31 bits per heavy atom. The van der Waals surface area contributed by atoms with Crippen LogP contribution in [0.15, 0.2) is 78.3 Å². The van der Waals surface area contributed by atoms with E-state index >= 15 is 0 Å². The summed E-state index contributed by atoms with van der Waals surface area (Å²) in [6, 6.07) is 3.83. The van der Waals surface area contributed by atoms with Crippen molar-refractivity contribution in [1.82, 2.24) is 0 Å². The van der Waals surface area contributed by atoms with Crippen LogP contribution in [0.25, 0.3) is 10.8 Å². The smallest absolute Gasteiger partial charge is 0.872 e. The molecule has 0 spiro atoms. The number of carbonyl (C=O) groups is 1. The van der Waals surface area contributed by atoms with Gasteiger partial charge in [-0.1, -0.05) is 34.9 Å². The Balaban J connectivity index is 0.00000625. The number of benzene rings is 4. The van der Waals surface area contributed by atoms with E-state index in [0.717, 1.165) is 0 Å². The van der Waals surface area contributed by atoms with Gasteiger partial charge in [0.05, 0.1) is 37.7 Å². The first kappa shape index (κ1) is 49.9. The Bertz CT molecular complexity index is 2520. The Labute approximate surface area is 370 Å². The number of sulfonamides is 1. The molecule has 0 saturated heterocycles. The number of halogens is 1.